The molecule has 0 spiro atoms. The maximum absolute atomic E-state index is 11.2. The van der Waals surface area contributed by atoms with Crippen LogP contribution in [0.1, 0.15) is 25.7 Å². The van der Waals surface area contributed by atoms with Crippen molar-refractivity contribution in [3.8, 4) is 0 Å². The molecule has 5 nitrogen and oxygen atoms in total. The molecule has 1 N–H and O–H groups in total. The van der Waals surface area contributed by atoms with Crippen LogP contribution in [0.2, 0.25) is 0 Å². The van der Waals surface area contributed by atoms with E-state index in [9.17, 15) is 9.59 Å². The zero-order chi connectivity index (χ0) is 11.4. The Kier molecular flexibility index (Phi) is 3.77. The molecule has 0 aromatic rings. The summed E-state index contributed by atoms with van der Waals surface area (Å²) in [5.74, 6) is -0.303. The normalized spacial score (nSPS) is 22.6. The quantitative estimate of drug-likeness (QED) is 0.710. The van der Waals surface area contributed by atoms with Crippen molar-refractivity contribution in [1.82, 2.24) is 15.1 Å². The molecule has 0 atom stereocenters. The van der Waals surface area contributed by atoms with Crippen LogP contribution in [0.15, 0.2) is 0 Å². The molecule has 2 fully saturated rings. The Morgan fingerprint density at radius 1 is 1.12 bits per heavy atom. The number of rotatable bonds is 4. The van der Waals surface area contributed by atoms with Crippen LogP contribution in [0.25, 0.3) is 0 Å². The number of amides is 3. The Bertz CT molecular complexity index is 274. The van der Waals surface area contributed by atoms with E-state index in [4.69, 9.17) is 0 Å². The Morgan fingerprint density at radius 2 is 1.88 bits per heavy atom. The molecule has 2 heterocycles. The van der Waals surface area contributed by atoms with Crippen molar-refractivity contribution in [2.75, 3.05) is 26.2 Å². The summed E-state index contributed by atoms with van der Waals surface area (Å²) in [6, 6.07) is -0.288. The van der Waals surface area contributed by atoms with E-state index in [2.05, 4.69) is 10.2 Å². The fourth-order valence-corrected chi connectivity index (χ4v) is 2.22. The number of piperidine rings is 1. The highest BCUT2D eigenvalue weighted by molar-refractivity contribution is 6.05. The predicted octanol–water partition coefficient (Wildman–Crippen LogP) is 0.576. The Morgan fingerprint density at radius 3 is 2.50 bits per heavy atom. The van der Waals surface area contributed by atoms with Gasteiger partial charge in [-0.1, -0.05) is 6.42 Å². The minimum atomic E-state index is -0.303. The van der Waals surface area contributed by atoms with Gasteiger partial charge in [-0.3, -0.25) is 10.1 Å². The average molecular weight is 224 g/mol. The molecular formula is C11H18N3O2. The predicted molar refractivity (Wildman–Crippen MR) is 59.5 cm³/mol. The first-order valence-electron chi connectivity index (χ1n) is 5.94. The summed E-state index contributed by atoms with van der Waals surface area (Å²) in [7, 11) is 0. The van der Waals surface area contributed by atoms with Gasteiger partial charge in [-0.25, -0.2) is 4.79 Å². The molecule has 2 aliphatic rings. The Hall–Kier alpha value is -1.10. The molecule has 0 aromatic carbocycles. The average Bonchev–Trinajstić information content (AvgIpc) is 2.59. The third-order valence-electron chi connectivity index (χ3n) is 3.09. The molecule has 0 aromatic heterocycles. The molecular weight excluding hydrogens is 206 g/mol. The van der Waals surface area contributed by atoms with Crippen molar-refractivity contribution in [2.24, 2.45) is 0 Å². The second-order valence-corrected chi connectivity index (χ2v) is 4.37. The summed E-state index contributed by atoms with van der Waals surface area (Å²) in [5, 5.41) is 2.23. The molecule has 3 amide bonds. The van der Waals surface area contributed by atoms with Gasteiger partial charge in [-0.05, 0) is 38.9 Å². The lowest BCUT2D eigenvalue weighted by Gasteiger charge is -2.26. The number of imide groups is 1. The lowest BCUT2D eigenvalue weighted by atomic mass is 10.1. The Balaban J connectivity index is 1.64. The van der Waals surface area contributed by atoms with Crippen LogP contribution >= 0.6 is 0 Å². The van der Waals surface area contributed by atoms with Crippen LogP contribution in [-0.2, 0) is 4.79 Å². The fraction of sp³-hybridized carbons (Fsp3) is 0.727. The number of carbonyl (C=O) groups excluding carboxylic acids is 2. The first-order valence-corrected chi connectivity index (χ1v) is 5.94. The zero-order valence-electron chi connectivity index (χ0n) is 9.45. The van der Waals surface area contributed by atoms with Crippen LogP contribution in [-0.4, -0.2) is 47.9 Å². The molecule has 89 valence electrons. The van der Waals surface area contributed by atoms with Gasteiger partial charge in [0.25, 0.3) is 5.91 Å². The third-order valence-corrected chi connectivity index (χ3v) is 3.09. The van der Waals surface area contributed by atoms with E-state index in [-0.39, 0.29) is 11.9 Å². The molecule has 2 rings (SSSR count). The van der Waals surface area contributed by atoms with E-state index in [1.54, 1.807) is 0 Å². The number of nitrogens with one attached hydrogen (secondary N) is 1. The van der Waals surface area contributed by atoms with E-state index in [0.717, 1.165) is 13.0 Å². The maximum atomic E-state index is 11.2. The number of urea groups is 1. The van der Waals surface area contributed by atoms with Gasteiger partial charge in [0.1, 0.15) is 6.54 Å². The largest absolute Gasteiger partial charge is 0.324 e. The number of hydrogen-bond acceptors (Lipinski definition) is 3. The first-order chi connectivity index (χ1) is 7.75. The van der Waals surface area contributed by atoms with Gasteiger partial charge in [-0.2, -0.15) is 0 Å². The molecule has 16 heavy (non-hydrogen) atoms. The molecule has 2 aliphatic heterocycles. The molecule has 2 saturated heterocycles. The van der Waals surface area contributed by atoms with E-state index in [1.165, 1.54) is 43.8 Å². The lowest BCUT2D eigenvalue weighted by molar-refractivity contribution is -0.116. The zero-order valence-corrected chi connectivity index (χ0v) is 9.45. The third kappa shape index (κ3) is 2.95. The van der Waals surface area contributed by atoms with Crippen molar-refractivity contribution in [1.29, 1.82) is 0 Å². The molecule has 5 heteroatoms. The van der Waals surface area contributed by atoms with Gasteiger partial charge < -0.3 is 9.80 Å². The van der Waals surface area contributed by atoms with Crippen molar-refractivity contribution in [3.05, 3.63) is 6.54 Å². The highest BCUT2D eigenvalue weighted by atomic mass is 16.2. The van der Waals surface area contributed by atoms with E-state index in [1.807, 2.05) is 0 Å². The minimum absolute atomic E-state index is 0.288. The second kappa shape index (κ2) is 5.30. The minimum Gasteiger partial charge on any atom is -0.310 e. The summed E-state index contributed by atoms with van der Waals surface area (Å²) >= 11 is 0. The van der Waals surface area contributed by atoms with Gasteiger partial charge in [0, 0.05) is 6.54 Å². The number of carbonyl (C=O) groups is 2. The molecule has 0 aliphatic carbocycles. The highest BCUT2D eigenvalue weighted by Crippen LogP contribution is 2.10. The summed E-state index contributed by atoms with van der Waals surface area (Å²) in [4.78, 5) is 26.0. The van der Waals surface area contributed by atoms with Gasteiger partial charge in [-0.15, -0.1) is 0 Å². The first kappa shape index (κ1) is 11.4. The van der Waals surface area contributed by atoms with Crippen molar-refractivity contribution >= 4 is 11.9 Å². The lowest BCUT2D eigenvalue weighted by Crippen LogP contribution is -2.34. The fourth-order valence-electron chi connectivity index (χ4n) is 2.22. The monoisotopic (exact) mass is 224 g/mol. The van der Waals surface area contributed by atoms with E-state index < -0.39 is 0 Å². The van der Waals surface area contributed by atoms with Crippen LogP contribution in [0.3, 0.4) is 0 Å². The standard InChI is InChI=1S/C11H18N3O2/c15-10-9-14(11(16)12-10)8-4-7-13-5-2-1-3-6-13/h9H,1-8H2,(H,12,15,16). The smallest absolute Gasteiger partial charge is 0.310 e. The summed E-state index contributed by atoms with van der Waals surface area (Å²) in [6.45, 7) is 5.35. The second-order valence-electron chi connectivity index (χ2n) is 4.37. The van der Waals surface area contributed by atoms with Gasteiger partial charge in [0.15, 0.2) is 0 Å². The summed E-state index contributed by atoms with van der Waals surface area (Å²) in [5.41, 5.74) is 0. The van der Waals surface area contributed by atoms with Crippen molar-refractivity contribution in [2.45, 2.75) is 25.7 Å². The van der Waals surface area contributed by atoms with Gasteiger partial charge in [0.2, 0.25) is 0 Å². The SMILES string of the molecule is O=C1[CH]N(CCCN2CCCCC2)C(=O)N1. The highest BCUT2D eigenvalue weighted by Gasteiger charge is 2.26. The van der Waals surface area contributed by atoms with Crippen LogP contribution < -0.4 is 5.32 Å². The maximum Gasteiger partial charge on any atom is 0.324 e. The molecule has 0 unspecified atom stereocenters. The van der Waals surface area contributed by atoms with Crippen LogP contribution in [0.4, 0.5) is 4.79 Å². The number of nitrogens with zero attached hydrogens (tertiary/aromatic N) is 2. The number of hydrogen-bond donors (Lipinski definition) is 1. The number of likely N-dealkylation sites (tertiary alicyclic amines) is 1. The van der Waals surface area contributed by atoms with Crippen molar-refractivity contribution < 1.29 is 9.59 Å². The molecule has 1 radical (unpaired) electrons. The van der Waals surface area contributed by atoms with E-state index in [0.29, 0.717) is 6.54 Å². The van der Waals surface area contributed by atoms with Gasteiger partial charge >= 0.3 is 6.03 Å². The summed E-state index contributed by atoms with van der Waals surface area (Å²) < 4.78 is 0. The molecule has 0 bridgehead atoms. The summed E-state index contributed by atoms with van der Waals surface area (Å²) in [6.07, 6.45) is 4.84. The van der Waals surface area contributed by atoms with Gasteiger partial charge in [0.05, 0.1) is 0 Å². The van der Waals surface area contributed by atoms with E-state index >= 15 is 0 Å². The molecule has 0 saturated carbocycles. The Labute approximate surface area is 95.8 Å². The topological polar surface area (TPSA) is 52.7 Å². The van der Waals surface area contributed by atoms with Crippen LogP contribution in [0, 0.1) is 6.54 Å². The van der Waals surface area contributed by atoms with Crippen molar-refractivity contribution in [3.63, 3.8) is 0 Å². The van der Waals surface area contributed by atoms with Crippen LogP contribution in [0.5, 0.6) is 0 Å².